The minimum Gasteiger partial charge on any atom is -0.477 e. The second-order valence-corrected chi connectivity index (χ2v) is 8.64. The molecule has 1 aromatic rings. The van der Waals surface area contributed by atoms with E-state index in [0.29, 0.717) is 5.56 Å². The first-order valence-electron chi connectivity index (χ1n) is 6.46. The number of thiophene rings is 1. The summed E-state index contributed by atoms with van der Waals surface area (Å²) in [6, 6.07) is -0.115. The summed E-state index contributed by atoms with van der Waals surface area (Å²) in [4.78, 5) is 10.9. The second-order valence-electron chi connectivity index (χ2n) is 6.11. The summed E-state index contributed by atoms with van der Waals surface area (Å²) in [5.74, 6) is -1.20. The highest BCUT2D eigenvalue weighted by molar-refractivity contribution is 7.89. The fraction of sp³-hybridized carbons (Fsp3) is 0.615. The summed E-state index contributed by atoms with van der Waals surface area (Å²) >= 11 is 0.950. The van der Waals surface area contributed by atoms with Crippen molar-refractivity contribution in [2.45, 2.75) is 51.0 Å². The lowest BCUT2D eigenvalue weighted by atomic mass is 9.92. The van der Waals surface area contributed by atoms with Gasteiger partial charge in [-0.15, -0.1) is 11.3 Å². The zero-order valence-electron chi connectivity index (χ0n) is 11.8. The lowest BCUT2D eigenvalue weighted by molar-refractivity contribution is 0.0698. The molecule has 0 aliphatic heterocycles. The van der Waals surface area contributed by atoms with Crippen molar-refractivity contribution in [2.24, 2.45) is 5.41 Å². The average Bonchev–Trinajstić information content (AvgIpc) is 2.81. The molecule has 1 saturated carbocycles. The zero-order chi connectivity index (χ0) is 15.1. The molecule has 0 saturated heterocycles. The van der Waals surface area contributed by atoms with Gasteiger partial charge in [-0.2, -0.15) is 0 Å². The minimum absolute atomic E-state index is 0.0836. The van der Waals surface area contributed by atoms with Gasteiger partial charge in [0.1, 0.15) is 9.77 Å². The van der Waals surface area contributed by atoms with E-state index in [-0.39, 0.29) is 21.2 Å². The molecule has 1 aromatic heterocycles. The Morgan fingerprint density at radius 2 is 2.15 bits per heavy atom. The first-order valence-corrected chi connectivity index (χ1v) is 8.82. The van der Waals surface area contributed by atoms with Crippen LogP contribution in [0, 0.1) is 12.3 Å². The summed E-state index contributed by atoms with van der Waals surface area (Å²) in [6.07, 6.45) is 2.53. The summed E-state index contributed by atoms with van der Waals surface area (Å²) in [5, 5.41) is 10.7. The Labute approximate surface area is 123 Å². The van der Waals surface area contributed by atoms with Crippen LogP contribution < -0.4 is 4.72 Å². The molecule has 1 fully saturated rings. The fourth-order valence-electron chi connectivity index (χ4n) is 2.73. The van der Waals surface area contributed by atoms with Crippen LogP contribution in [0.1, 0.15) is 48.3 Å². The SMILES string of the molecule is Cc1csc(C(=O)O)c1S(=O)(=O)NC1CCC(C)(C)C1. The van der Waals surface area contributed by atoms with Crippen LogP contribution in [0.15, 0.2) is 10.3 Å². The van der Waals surface area contributed by atoms with Gasteiger partial charge in [0.05, 0.1) is 0 Å². The van der Waals surface area contributed by atoms with E-state index in [9.17, 15) is 13.2 Å². The van der Waals surface area contributed by atoms with Gasteiger partial charge in [-0.1, -0.05) is 13.8 Å². The van der Waals surface area contributed by atoms with Crippen molar-refractivity contribution in [3.8, 4) is 0 Å². The molecule has 2 N–H and O–H groups in total. The van der Waals surface area contributed by atoms with Crippen LogP contribution in [0.5, 0.6) is 0 Å². The van der Waals surface area contributed by atoms with Crippen molar-refractivity contribution in [2.75, 3.05) is 0 Å². The maximum atomic E-state index is 12.4. The van der Waals surface area contributed by atoms with E-state index in [2.05, 4.69) is 18.6 Å². The maximum absolute atomic E-state index is 12.4. The van der Waals surface area contributed by atoms with Crippen LogP contribution in [-0.4, -0.2) is 25.5 Å². The van der Waals surface area contributed by atoms with E-state index in [4.69, 9.17) is 5.11 Å². The van der Waals surface area contributed by atoms with Crippen molar-refractivity contribution in [3.63, 3.8) is 0 Å². The number of hydrogen-bond acceptors (Lipinski definition) is 4. The van der Waals surface area contributed by atoms with Gasteiger partial charge in [0.15, 0.2) is 0 Å². The molecular weight excluding hydrogens is 298 g/mol. The van der Waals surface area contributed by atoms with Crippen LogP contribution in [0.3, 0.4) is 0 Å². The summed E-state index contributed by atoms with van der Waals surface area (Å²) < 4.78 is 27.5. The van der Waals surface area contributed by atoms with Crippen molar-refractivity contribution in [3.05, 3.63) is 15.8 Å². The Bertz CT molecular complexity index is 631. The Kier molecular flexibility index (Phi) is 3.96. The summed E-state index contributed by atoms with van der Waals surface area (Å²) in [5.41, 5.74) is 0.615. The average molecular weight is 317 g/mol. The number of carboxylic acids is 1. The molecule has 0 radical (unpaired) electrons. The van der Waals surface area contributed by atoms with Gasteiger partial charge in [-0.25, -0.2) is 17.9 Å². The van der Waals surface area contributed by atoms with Crippen molar-refractivity contribution >= 4 is 27.3 Å². The van der Waals surface area contributed by atoms with Crippen molar-refractivity contribution in [1.29, 1.82) is 0 Å². The minimum atomic E-state index is -3.78. The fourth-order valence-corrected chi connectivity index (χ4v) is 5.63. The largest absolute Gasteiger partial charge is 0.477 e. The molecule has 1 unspecified atom stereocenters. The smallest absolute Gasteiger partial charge is 0.347 e. The number of sulfonamides is 1. The van der Waals surface area contributed by atoms with Crippen molar-refractivity contribution < 1.29 is 18.3 Å². The Morgan fingerprint density at radius 3 is 2.65 bits per heavy atom. The van der Waals surface area contributed by atoms with E-state index in [1.54, 1.807) is 12.3 Å². The van der Waals surface area contributed by atoms with E-state index in [1.807, 2.05) is 0 Å². The Hall–Kier alpha value is -0.920. The molecule has 112 valence electrons. The maximum Gasteiger partial charge on any atom is 0.347 e. The number of rotatable bonds is 4. The van der Waals surface area contributed by atoms with E-state index >= 15 is 0 Å². The van der Waals surface area contributed by atoms with Gasteiger partial charge in [-0.05, 0) is 42.5 Å². The molecule has 0 amide bonds. The molecule has 1 heterocycles. The highest BCUT2D eigenvalue weighted by Crippen LogP contribution is 2.38. The standard InChI is InChI=1S/C13H19NO4S2/c1-8-7-19-10(12(15)16)11(8)20(17,18)14-9-4-5-13(2,3)6-9/h7,9,14H,4-6H2,1-3H3,(H,15,16). The third-order valence-electron chi connectivity index (χ3n) is 3.67. The predicted molar refractivity (Wildman–Crippen MR) is 77.8 cm³/mol. The van der Waals surface area contributed by atoms with Crippen LogP contribution in [0.25, 0.3) is 0 Å². The Balaban J connectivity index is 2.28. The number of carbonyl (C=O) groups is 1. The highest BCUT2D eigenvalue weighted by atomic mass is 32.2. The summed E-state index contributed by atoms with van der Waals surface area (Å²) in [7, 11) is -3.78. The third kappa shape index (κ3) is 3.05. The molecule has 1 atom stereocenters. The van der Waals surface area contributed by atoms with Crippen LogP contribution in [0.2, 0.25) is 0 Å². The molecule has 0 aromatic carbocycles. The first-order chi connectivity index (χ1) is 9.12. The van der Waals surface area contributed by atoms with Gasteiger partial charge in [-0.3, -0.25) is 0 Å². The van der Waals surface area contributed by atoms with Crippen LogP contribution >= 0.6 is 11.3 Å². The van der Waals surface area contributed by atoms with E-state index in [1.165, 1.54) is 0 Å². The molecule has 5 nitrogen and oxygen atoms in total. The molecular formula is C13H19NO4S2. The van der Waals surface area contributed by atoms with Gasteiger partial charge in [0, 0.05) is 6.04 Å². The zero-order valence-corrected chi connectivity index (χ0v) is 13.4. The number of nitrogens with one attached hydrogen (secondary N) is 1. The Morgan fingerprint density at radius 1 is 1.50 bits per heavy atom. The number of hydrogen-bond donors (Lipinski definition) is 2. The molecule has 20 heavy (non-hydrogen) atoms. The molecule has 0 spiro atoms. The van der Waals surface area contributed by atoms with Crippen LogP contribution in [-0.2, 0) is 10.0 Å². The van der Waals surface area contributed by atoms with E-state index in [0.717, 1.165) is 30.6 Å². The van der Waals surface area contributed by atoms with Crippen molar-refractivity contribution in [1.82, 2.24) is 4.72 Å². The van der Waals surface area contributed by atoms with Crippen LogP contribution in [0.4, 0.5) is 0 Å². The predicted octanol–water partition coefficient (Wildman–Crippen LogP) is 2.61. The van der Waals surface area contributed by atoms with Gasteiger partial charge in [0.25, 0.3) is 0 Å². The molecule has 2 rings (SSSR count). The first kappa shape index (κ1) is 15.5. The number of carboxylic acid groups (broad SMARTS) is 1. The number of aromatic carboxylic acids is 1. The molecule has 0 bridgehead atoms. The molecule has 1 aliphatic rings. The quantitative estimate of drug-likeness (QED) is 0.894. The second kappa shape index (κ2) is 5.13. The lowest BCUT2D eigenvalue weighted by Gasteiger charge is -2.18. The summed E-state index contributed by atoms with van der Waals surface area (Å²) in [6.45, 7) is 5.84. The van der Waals surface area contributed by atoms with Gasteiger partial charge < -0.3 is 5.11 Å². The van der Waals surface area contributed by atoms with E-state index < -0.39 is 16.0 Å². The third-order valence-corrected chi connectivity index (χ3v) is 6.59. The topological polar surface area (TPSA) is 83.5 Å². The molecule has 1 aliphatic carbocycles. The highest BCUT2D eigenvalue weighted by Gasteiger charge is 2.35. The number of aryl methyl sites for hydroxylation is 1. The lowest BCUT2D eigenvalue weighted by Crippen LogP contribution is -2.34. The normalized spacial score (nSPS) is 22.1. The molecule has 7 heteroatoms. The van der Waals surface area contributed by atoms with Gasteiger partial charge in [0.2, 0.25) is 10.0 Å². The van der Waals surface area contributed by atoms with Gasteiger partial charge >= 0.3 is 5.97 Å². The monoisotopic (exact) mass is 317 g/mol.